The zero-order valence-corrected chi connectivity index (χ0v) is 17.3. The normalized spacial score (nSPS) is 20.7. The number of halogens is 1. The molecule has 0 bridgehead atoms. The molecule has 27 heavy (non-hydrogen) atoms. The summed E-state index contributed by atoms with van der Waals surface area (Å²) in [6, 6.07) is 5.94. The second-order valence-electron chi connectivity index (χ2n) is 7.62. The van der Waals surface area contributed by atoms with Gasteiger partial charge in [0, 0.05) is 6.42 Å². The Balaban J connectivity index is 0.00000261. The Hall–Kier alpha value is -1.46. The molecular weight excluding hydrogens is 364 g/mol. The van der Waals surface area contributed by atoms with Gasteiger partial charge >= 0.3 is 0 Å². The number of hydrogen-bond donors (Lipinski definition) is 2. The van der Waals surface area contributed by atoms with E-state index in [1.54, 1.807) is 7.11 Å². The molecule has 1 heterocycles. The minimum Gasteiger partial charge on any atom is -0.493 e. The number of amides is 1. The van der Waals surface area contributed by atoms with Crippen molar-refractivity contribution in [1.29, 1.82) is 0 Å². The second kappa shape index (κ2) is 10.8. The molecule has 5 nitrogen and oxygen atoms in total. The first-order chi connectivity index (χ1) is 12.7. The fourth-order valence-corrected chi connectivity index (χ4v) is 3.93. The Labute approximate surface area is 169 Å². The first-order valence-electron chi connectivity index (χ1n) is 10.0. The molecule has 2 N–H and O–H groups in total. The Morgan fingerprint density at radius 3 is 2.70 bits per heavy atom. The number of benzene rings is 1. The predicted octanol–water partition coefficient (Wildman–Crippen LogP) is 4.01. The number of carbonyl (C=O) groups is 1. The molecule has 0 spiro atoms. The van der Waals surface area contributed by atoms with Crippen molar-refractivity contribution in [3.63, 3.8) is 0 Å². The molecule has 6 heteroatoms. The van der Waals surface area contributed by atoms with Gasteiger partial charge in [-0.3, -0.25) is 4.79 Å². The summed E-state index contributed by atoms with van der Waals surface area (Å²) in [5.41, 5.74) is 1.04. The van der Waals surface area contributed by atoms with E-state index >= 15 is 0 Å². The molecule has 3 rings (SSSR count). The molecule has 2 fully saturated rings. The van der Waals surface area contributed by atoms with Crippen LogP contribution in [0.5, 0.6) is 11.5 Å². The van der Waals surface area contributed by atoms with Crippen molar-refractivity contribution in [3.05, 3.63) is 23.8 Å². The van der Waals surface area contributed by atoms with Crippen LogP contribution in [0, 0.1) is 5.92 Å². The van der Waals surface area contributed by atoms with E-state index in [9.17, 15) is 4.79 Å². The summed E-state index contributed by atoms with van der Waals surface area (Å²) >= 11 is 0. The van der Waals surface area contributed by atoms with Crippen LogP contribution in [-0.4, -0.2) is 32.2 Å². The molecule has 1 aliphatic heterocycles. The Bertz CT molecular complexity index is 599. The highest BCUT2D eigenvalue weighted by molar-refractivity contribution is 5.85. The third-order valence-corrected chi connectivity index (χ3v) is 5.60. The fourth-order valence-electron chi connectivity index (χ4n) is 3.93. The molecule has 1 amide bonds. The van der Waals surface area contributed by atoms with Crippen molar-refractivity contribution in [2.45, 2.75) is 64.0 Å². The van der Waals surface area contributed by atoms with Crippen LogP contribution >= 0.6 is 12.4 Å². The zero-order valence-electron chi connectivity index (χ0n) is 16.5. The van der Waals surface area contributed by atoms with Crippen LogP contribution in [0.25, 0.3) is 0 Å². The molecule has 2 atom stereocenters. The molecule has 2 unspecified atom stereocenters. The Morgan fingerprint density at radius 2 is 2.04 bits per heavy atom. The maximum absolute atomic E-state index is 12.2. The quantitative estimate of drug-likeness (QED) is 0.697. The lowest BCUT2D eigenvalue weighted by Gasteiger charge is -2.19. The van der Waals surface area contributed by atoms with Crippen molar-refractivity contribution >= 4 is 18.3 Å². The van der Waals surface area contributed by atoms with Crippen LogP contribution in [0.1, 0.15) is 63.5 Å². The van der Waals surface area contributed by atoms with Gasteiger partial charge in [0.05, 0.1) is 19.3 Å². The van der Waals surface area contributed by atoms with E-state index in [1.165, 1.54) is 19.3 Å². The molecule has 0 aromatic heterocycles. The van der Waals surface area contributed by atoms with Crippen LogP contribution < -0.4 is 20.1 Å². The molecule has 2 aliphatic rings. The summed E-state index contributed by atoms with van der Waals surface area (Å²) in [6.45, 7) is 4.14. The predicted molar refractivity (Wildman–Crippen MR) is 110 cm³/mol. The first-order valence-corrected chi connectivity index (χ1v) is 10.0. The largest absolute Gasteiger partial charge is 0.493 e. The summed E-state index contributed by atoms with van der Waals surface area (Å²) in [4.78, 5) is 12.2. The van der Waals surface area contributed by atoms with Gasteiger partial charge < -0.3 is 20.1 Å². The highest BCUT2D eigenvalue weighted by atomic mass is 35.5. The average molecular weight is 397 g/mol. The number of carbonyl (C=O) groups excluding carboxylic acids is 1. The number of hydrogen-bond acceptors (Lipinski definition) is 4. The molecule has 152 valence electrons. The van der Waals surface area contributed by atoms with Crippen molar-refractivity contribution < 1.29 is 14.3 Å². The highest BCUT2D eigenvalue weighted by Gasteiger charge is 2.20. The number of ether oxygens (including phenoxy) is 2. The number of methoxy groups -OCH3 is 1. The summed E-state index contributed by atoms with van der Waals surface area (Å²) < 4.78 is 11.6. The summed E-state index contributed by atoms with van der Waals surface area (Å²) in [5, 5.41) is 6.46. The third kappa shape index (κ3) is 6.28. The molecular formula is C21H33ClN2O3. The van der Waals surface area contributed by atoms with Gasteiger partial charge in [0.25, 0.3) is 0 Å². The zero-order chi connectivity index (χ0) is 18.4. The SMILES string of the molecule is COc1cc(C(C)NC(=O)CCC2CCNC2)ccc1OC1CCCC1.Cl. The van der Waals surface area contributed by atoms with Gasteiger partial charge in [-0.15, -0.1) is 12.4 Å². The lowest BCUT2D eigenvalue weighted by Crippen LogP contribution is -2.27. The van der Waals surface area contributed by atoms with Gasteiger partial charge in [0.15, 0.2) is 11.5 Å². The van der Waals surface area contributed by atoms with Gasteiger partial charge in [-0.05, 0) is 82.2 Å². The maximum atomic E-state index is 12.2. The van der Waals surface area contributed by atoms with E-state index in [2.05, 4.69) is 10.6 Å². The van der Waals surface area contributed by atoms with Gasteiger partial charge in [0.1, 0.15) is 0 Å². The van der Waals surface area contributed by atoms with Crippen LogP contribution in [0.4, 0.5) is 0 Å². The van der Waals surface area contributed by atoms with E-state index < -0.39 is 0 Å². The van der Waals surface area contributed by atoms with Gasteiger partial charge in [-0.25, -0.2) is 0 Å². The van der Waals surface area contributed by atoms with Crippen LogP contribution in [0.3, 0.4) is 0 Å². The fraction of sp³-hybridized carbons (Fsp3) is 0.667. The van der Waals surface area contributed by atoms with Crippen LogP contribution in [-0.2, 0) is 4.79 Å². The average Bonchev–Trinajstić information content (AvgIpc) is 3.34. The van der Waals surface area contributed by atoms with E-state index in [1.807, 2.05) is 25.1 Å². The molecule has 1 aliphatic carbocycles. The smallest absolute Gasteiger partial charge is 0.220 e. The topological polar surface area (TPSA) is 59.6 Å². The molecule has 1 aromatic carbocycles. The van der Waals surface area contributed by atoms with Crippen LogP contribution in [0.2, 0.25) is 0 Å². The maximum Gasteiger partial charge on any atom is 0.220 e. The first kappa shape index (κ1) is 21.8. The lowest BCUT2D eigenvalue weighted by atomic mass is 10.0. The molecule has 0 radical (unpaired) electrons. The molecule has 1 saturated carbocycles. The van der Waals surface area contributed by atoms with Gasteiger partial charge in [0.2, 0.25) is 5.91 Å². The summed E-state index contributed by atoms with van der Waals surface area (Å²) in [5.74, 6) is 2.31. The van der Waals surface area contributed by atoms with E-state index in [-0.39, 0.29) is 24.4 Å². The minimum atomic E-state index is -0.0429. The van der Waals surface area contributed by atoms with Crippen molar-refractivity contribution in [2.75, 3.05) is 20.2 Å². The standard InChI is InChI=1S/C21H32N2O3.ClH/c1-15(23-21(24)10-7-16-11-12-22-14-16)17-8-9-19(20(13-17)25-2)26-18-5-3-4-6-18;/h8-9,13,15-16,18,22H,3-7,10-12,14H2,1-2H3,(H,23,24);1H. The van der Waals surface area contributed by atoms with E-state index in [4.69, 9.17) is 9.47 Å². The van der Waals surface area contributed by atoms with Crippen molar-refractivity contribution in [3.8, 4) is 11.5 Å². The summed E-state index contributed by atoms with van der Waals surface area (Å²) in [7, 11) is 1.67. The monoisotopic (exact) mass is 396 g/mol. The molecule has 1 saturated heterocycles. The number of rotatable bonds is 8. The highest BCUT2D eigenvalue weighted by Crippen LogP contribution is 2.33. The third-order valence-electron chi connectivity index (χ3n) is 5.60. The Kier molecular flexibility index (Phi) is 8.71. The second-order valence-corrected chi connectivity index (χ2v) is 7.62. The number of nitrogens with one attached hydrogen (secondary N) is 2. The van der Waals surface area contributed by atoms with Crippen molar-refractivity contribution in [2.24, 2.45) is 5.92 Å². The van der Waals surface area contributed by atoms with Gasteiger partial charge in [-0.2, -0.15) is 0 Å². The van der Waals surface area contributed by atoms with E-state index in [0.29, 0.717) is 18.4 Å². The molecule has 1 aromatic rings. The van der Waals surface area contributed by atoms with Gasteiger partial charge in [-0.1, -0.05) is 6.07 Å². The van der Waals surface area contributed by atoms with Crippen LogP contribution in [0.15, 0.2) is 18.2 Å². The van der Waals surface area contributed by atoms with E-state index in [0.717, 1.165) is 49.4 Å². The lowest BCUT2D eigenvalue weighted by molar-refractivity contribution is -0.122. The Morgan fingerprint density at radius 1 is 1.26 bits per heavy atom. The van der Waals surface area contributed by atoms with Crippen molar-refractivity contribution in [1.82, 2.24) is 10.6 Å². The minimum absolute atomic E-state index is 0. The summed E-state index contributed by atoms with van der Waals surface area (Å²) in [6.07, 6.45) is 7.76.